The van der Waals surface area contributed by atoms with Gasteiger partial charge in [-0.05, 0) is 44.4 Å². The molecule has 0 saturated heterocycles. The van der Waals surface area contributed by atoms with Gasteiger partial charge in [0.15, 0.2) is 0 Å². The second kappa shape index (κ2) is 4.59. The predicted molar refractivity (Wildman–Crippen MR) is 63.6 cm³/mol. The highest BCUT2D eigenvalue weighted by Crippen LogP contribution is 2.46. The van der Waals surface area contributed by atoms with E-state index in [1.165, 1.54) is 51.4 Å². The smallest absolute Gasteiger partial charge is 0.111 e. The molecule has 2 rings (SSSR count). The first-order valence-corrected chi connectivity index (χ1v) is 6.56. The van der Waals surface area contributed by atoms with Gasteiger partial charge in [0.1, 0.15) is 5.60 Å². The SMILES string of the molecule is C=COC(C)(C1CCCC1)C1CCCC1. The molecule has 2 aliphatic carbocycles. The molecule has 0 radical (unpaired) electrons. The Morgan fingerprint density at radius 3 is 1.73 bits per heavy atom. The van der Waals surface area contributed by atoms with Crippen molar-refractivity contribution in [2.45, 2.75) is 63.9 Å². The van der Waals surface area contributed by atoms with Crippen molar-refractivity contribution >= 4 is 0 Å². The van der Waals surface area contributed by atoms with E-state index in [-0.39, 0.29) is 5.60 Å². The zero-order chi connectivity index (χ0) is 10.7. The van der Waals surface area contributed by atoms with E-state index in [2.05, 4.69) is 13.5 Å². The third-order valence-electron chi connectivity index (χ3n) is 4.67. The molecule has 2 saturated carbocycles. The van der Waals surface area contributed by atoms with Gasteiger partial charge in [-0.3, -0.25) is 0 Å². The fraction of sp³-hybridized carbons (Fsp3) is 0.857. The van der Waals surface area contributed by atoms with E-state index in [4.69, 9.17) is 4.74 Å². The van der Waals surface area contributed by atoms with Gasteiger partial charge in [-0.2, -0.15) is 0 Å². The van der Waals surface area contributed by atoms with Gasteiger partial charge in [0.2, 0.25) is 0 Å². The fourth-order valence-corrected chi connectivity index (χ4v) is 3.70. The van der Waals surface area contributed by atoms with Gasteiger partial charge >= 0.3 is 0 Å². The molecule has 2 aliphatic rings. The number of hydrogen-bond donors (Lipinski definition) is 0. The van der Waals surface area contributed by atoms with Crippen LogP contribution >= 0.6 is 0 Å². The fourth-order valence-electron chi connectivity index (χ4n) is 3.70. The van der Waals surface area contributed by atoms with E-state index in [1.54, 1.807) is 6.26 Å². The van der Waals surface area contributed by atoms with Crippen LogP contribution in [0.25, 0.3) is 0 Å². The highest BCUT2D eigenvalue weighted by Gasteiger charge is 2.44. The molecule has 0 aromatic carbocycles. The van der Waals surface area contributed by atoms with Crippen LogP contribution < -0.4 is 0 Å². The lowest BCUT2D eigenvalue weighted by Gasteiger charge is -2.40. The van der Waals surface area contributed by atoms with Crippen LogP contribution in [0.2, 0.25) is 0 Å². The normalized spacial score (nSPS) is 24.6. The average molecular weight is 208 g/mol. The summed E-state index contributed by atoms with van der Waals surface area (Å²) in [5, 5.41) is 0. The van der Waals surface area contributed by atoms with Gasteiger partial charge in [-0.25, -0.2) is 0 Å². The third kappa shape index (κ3) is 2.07. The molecule has 0 bridgehead atoms. The molecule has 0 aromatic rings. The number of ether oxygens (including phenoxy) is 1. The monoisotopic (exact) mass is 208 g/mol. The van der Waals surface area contributed by atoms with Crippen molar-refractivity contribution in [2.24, 2.45) is 11.8 Å². The lowest BCUT2D eigenvalue weighted by molar-refractivity contribution is -0.0608. The largest absolute Gasteiger partial charge is 0.495 e. The Hall–Kier alpha value is -0.460. The summed E-state index contributed by atoms with van der Waals surface area (Å²) >= 11 is 0. The molecular weight excluding hydrogens is 184 g/mol. The molecule has 0 N–H and O–H groups in total. The Labute approximate surface area is 93.9 Å². The van der Waals surface area contributed by atoms with Crippen LogP contribution in [-0.2, 0) is 4.74 Å². The van der Waals surface area contributed by atoms with Crippen LogP contribution in [0.15, 0.2) is 12.8 Å². The van der Waals surface area contributed by atoms with Gasteiger partial charge in [0.25, 0.3) is 0 Å². The summed E-state index contributed by atoms with van der Waals surface area (Å²) in [6.07, 6.45) is 12.7. The van der Waals surface area contributed by atoms with E-state index in [9.17, 15) is 0 Å². The van der Waals surface area contributed by atoms with E-state index in [0.717, 1.165) is 11.8 Å². The molecule has 0 aliphatic heterocycles. The van der Waals surface area contributed by atoms with Gasteiger partial charge < -0.3 is 4.74 Å². The molecular formula is C14H24O. The quantitative estimate of drug-likeness (QED) is 0.626. The lowest BCUT2D eigenvalue weighted by Crippen LogP contribution is -2.41. The molecule has 2 fully saturated rings. The maximum atomic E-state index is 5.96. The van der Waals surface area contributed by atoms with Gasteiger partial charge in [-0.1, -0.05) is 32.3 Å². The zero-order valence-corrected chi connectivity index (χ0v) is 10.0. The summed E-state index contributed by atoms with van der Waals surface area (Å²) in [4.78, 5) is 0. The Morgan fingerprint density at radius 1 is 1.00 bits per heavy atom. The van der Waals surface area contributed by atoms with Crippen molar-refractivity contribution in [1.29, 1.82) is 0 Å². The third-order valence-corrected chi connectivity index (χ3v) is 4.67. The van der Waals surface area contributed by atoms with Crippen molar-refractivity contribution in [2.75, 3.05) is 0 Å². The van der Waals surface area contributed by atoms with E-state index >= 15 is 0 Å². The Bertz CT molecular complexity index is 193. The Morgan fingerprint density at radius 2 is 1.40 bits per heavy atom. The standard InChI is InChI=1S/C14H24O/c1-3-15-14(2,12-8-4-5-9-12)13-10-6-7-11-13/h3,12-13H,1,4-11H2,2H3. The van der Waals surface area contributed by atoms with E-state index in [1.807, 2.05) is 0 Å². The second-order valence-electron chi connectivity index (χ2n) is 5.43. The van der Waals surface area contributed by atoms with Crippen LogP contribution in [0.3, 0.4) is 0 Å². The summed E-state index contributed by atoms with van der Waals surface area (Å²) < 4.78 is 5.96. The van der Waals surface area contributed by atoms with Gasteiger partial charge in [0.05, 0.1) is 6.26 Å². The summed E-state index contributed by atoms with van der Waals surface area (Å²) in [5.74, 6) is 1.55. The molecule has 15 heavy (non-hydrogen) atoms. The van der Waals surface area contributed by atoms with Crippen molar-refractivity contribution in [3.05, 3.63) is 12.8 Å². The predicted octanol–water partition coefficient (Wildman–Crippen LogP) is 4.29. The highest BCUT2D eigenvalue weighted by atomic mass is 16.5. The second-order valence-corrected chi connectivity index (χ2v) is 5.43. The molecule has 0 heterocycles. The van der Waals surface area contributed by atoms with Crippen molar-refractivity contribution in [1.82, 2.24) is 0 Å². The topological polar surface area (TPSA) is 9.23 Å². The summed E-state index contributed by atoms with van der Waals surface area (Å²) in [5.41, 5.74) is 0.0920. The molecule has 0 atom stereocenters. The molecule has 0 aromatic heterocycles. The molecule has 0 spiro atoms. The van der Waals surface area contributed by atoms with Gasteiger partial charge in [0, 0.05) is 0 Å². The minimum Gasteiger partial charge on any atom is -0.495 e. The molecule has 0 unspecified atom stereocenters. The van der Waals surface area contributed by atoms with E-state index < -0.39 is 0 Å². The van der Waals surface area contributed by atoms with Crippen LogP contribution in [0.4, 0.5) is 0 Å². The summed E-state index contributed by atoms with van der Waals surface area (Å²) in [7, 11) is 0. The first-order valence-electron chi connectivity index (χ1n) is 6.56. The average Bonchev–Trinajstić information content (AvgIpc) is 2.92. The maximum absolute atomic E-state index is 5.96. The zero-order valence-electron chi connectivity index (χ0n) is 10.0. The summed E-state index contributed by atoms with van der Waals surface area (Å²) in [6.45, 7) is 6.10. The number of hydrogen-bond acceptors (Lipinski definition) is 1. The molecule has 1 nitrogen and oxygen atoms in total. The van der Waals surface area contributed by atoms with Crippen LogP contribution in [0, 0.1) is 11.8 Å². The Kier molecular flexibility index (Phi) is 3.38. The first kappa shape index (κ1) is 11.0. The molecule has 0 amide bonds. The van der Waals surface area contributed by atoms with Crippen LogP contribution in [-0.4, -0.2) is 5.60 Å². The van der Waals surface area contributed by atoms with Gasteiger partial charge in [-0.15, -0.1) is 0 Å². The van der Waals surface area contributed by atoms with Crippen molar-refractivity contribution < 1.29 is 4.74 Å². The summed E-state index contributed by atoms with van der Waals surface area (Å²) in [6, 6.07) is 0. The maximum Gasteiger partial charge on any atom is 0.111 e. The Balaban J connectivity index is 2.09. The van der Waals surface area contributed by atoms with E-state index in [0.29, 0.717) is 0 Å². The van der Waals surface area contributed by atoms with Crippen molar-refractivity contribution in [3.63, 3.8) is 0 Å². The minimum atomic E-state index is 0.0920. The first-order chi connectivity index (χ1) is 7.27. The van der Waals surface area contributed by atoms with Crippen LogP contribution in [0.5, 0.6) is 0 Å². The lowest BCUT2D eigenvalue weighted by atomic mass is 9.76. The highest BCUT2D eigenvalue weighted by molar-refractivity contribution is 4.95. The molecule has 1 heteroatoms. The minimum absolute atomic E-state index is 0.0920. The van der Waals surface area contributed by atoms with Crippen molar-refractivity contribution in [3.8, 4) is 0 Å². The number of rotatable bonds is 4. The van der Waals surface area contributed by atoms with Crippen LogP contribution in [0.1, 0.15) is 58.3 Å². The molecule has 86 valence electrons.